The summed E-state index contributed by atoms with van der Waals surface area (Å²) in [6.07, 6.45) is 4.75. The van der Waals surface area contributed by atoms with Gasteiger partial charge in [-0.1, -0.05) is 18.1 Å². The highest BCUT2D eigenvalue weighted by atomic mass is 16.5. The van der Waals surface area contributed by atoms with Crippen LogP contribution in [0.15, 0.2) is 35.0 Å². The van der Waals surface area contributed by atoms with E-state index in [-0.39, 0.29) is 0 Å². The lowest BCUT2D eigenvalue weighted by Crippen LogP contribution is -2.42. The van der Waals surface area contributed by atoms with Gasteiger partial charge in [0.15, 0.2) is 11.6 Å². The lowest BCUT2D eigenvalue weighted by Gasteiger charge is -2.32. The van der Waals surface area contributed by atoms with Crippen LogP contribution in [-0.4, -0.2) is 49.1 Å². The number of piperidine rings is 1. The quantitative estimate of drug-likeness (QED) is 0.699. The molecule has 4 rings (SSSR count). The lowest BCUT2D eigenvalue weighted by atomic mass is 10.1. The summed E-state index contributed by atoms with van der Waals surface area (Å²) in [4.78, 5) is 20.3. The van der Waals surface area contributed by atoms with Crippen molar-refractivity contribution in [1.82, 2.24) is 30.0 Å². The Balaban J connectivity index is 1.43. The van der Waals surface area contributed by atoms with E-state index < -0.39 is 0 Å². The number of nitrogens with one attached hydrogen (secondary N) is 1. The average molecular weight is 379 g/mol. The summed E-state index contributed by atoms with van der Waals surface area (Å²) < 4.78 is 5.22. The van der Waals surface area contributed by atoms with E-state index in [1.54, 1.807) is 6.20 Å². The zero-order valence-corrected chi connectivity index (χ0v) is 16.3. The molecule has 0 spiro atoms. The van der Waals surface area contributed by atoms with Crippen molar-refractivity contribution in [2.45, 2.75) is 45.7 Å². The molecule has 3 aromatic rings. The second kappa shape index (κ2) is 8.43. The fourth-order valence-corrected chi connectivity index (χ4v) is 3.48. The van der Waals surface area contributed by atoms with Crippen LogP contribution in [-0.2, 0) is 13.0 Å². The van der Waals surface area contributed by atoms with Gasteiger partial charge < -0.3 is 9.84 Å². The average Bonchev–Trinajstić information content (AvgIpc) is 3.16. The van der Waals surface area contributed by atoms with Crippen molar-refractivity contribution in [1.29, 1.82) is 0 Å². The first kappa shape index (κ1) is 18.5. The minimum Gasteiger partial charge on any atom is -0.366 e. The number of anilines is 1. The third kappa shape index (κ3) is 4.51. The monoisotopic (exact) mass is 379 g/mol. The van der Waals surface area contributed by atoms with E-state index in [1.165, 1.54) is 0 Å². The summed E-state index contributed by atoms with van der Waals surface area (Å²) in [6, 6.07) is 8.07. The molecule has 1 aliphatic heterocycles. The zero-order chi connectivity index (χ0) is 19.3. The van der Waals surface area contributed by atoms with Crippen LogP contribution >= 0.6 is 0 Å². The van der Waals surface area contributed by atoms with Crippen LogP contribution in [0.2, 0.25) is 0 Å². The van der Waals surface area contributed by atoms with Crippen molar-refractivity contribution < 1.29 is 4.52 Å². The molecule has 0 radical (unpaired) electrons. The Hall–Kier alpha value is -2.87. The molecule has 1 saturated heterocycles. The molecule has 146 valence electrons. The van der Waals surface area contributed by atoms with E-state index in [9.17, 15) is 0 Å². The SMILES string of the molecule is CCc1nc(CN2CCCC(Nc3cc(C)nc(-c4ccccn4)n3)C2)no1. The number of hydrogen-bond donors (Lipinski definition) is 1. The fraction of sp³-hybridized carbons (Fsp3) is 0.450. The van der Waals surface area contributed by atoms with Crippen molar-refractivity contribution >= 4 is 5.82 Å². The predicted octanol–water partition coefficient (Wildman–Crippen LogP) is 2.87. The Morgan fingerprint density at radius 1 is 1.25 bits per heavy atom. The van der Waals surface area contributed by atoms with Crippen molar-refractivity contribution in [2.24, 2.45) is 0 Å². The molecule has 8 heteroatoms. The Morgan fingerprint density at radius 2 is 2.18 bits per heavy atom. The van der Waals surface area contributed by atoms with Crippen LogP contribution < -0.4 is 5.32 Å². The van der Waals surface area contributed by atoms with Crippen molar-refractivity contribution in [3.8, 4) is 11.5 Å². The van der Waals surface area contributed by atoms with Gasteiger partial charge in [-0.3, -0.25) is 9.88 Å². The Kier molecular flexibility index (Phi) is 5.57. The van der Waals surface area contributed by atoms with Gasteiger partial charge in [-0.25, -0.2) is 9.97 Å². The number of aromatic nitrogens is 5. The molecule has 8 nitrogen and oxygen atoms in total. The normalized spacial score (nSPS) is 17.6. The summed E-state index contributed by atoms with van der Waals surface area (Å²) in [6.45, 7) is 6.66. The van der Waals surface area contributed by atoms with Crippen LogP contribution in [0, 0.1) is 6.92 Å². The summed E-state index contributed by atoms with van der Waals surface area (Å²) in [5, 5.41) is 7.65. The van der Waals surface area contributed by atoms with Gasteiger partial charge in [-0.05, 0) is 38.4 Å². The Bertz CT molecular complexity index is 912. The van der Waals surface area contributed by atoms with Gasteiger partial charge in [0.2, 0.25) is 5.89 Å². The predicted molar refractivity (Wildman–Crippen MR) is 106 cm³/mol. The number of rotatable bonds is 6. The van der Waals surface area contributed by atoms with Crippen LogP contribution in [0.1, 0.15) is 37.2 Å². The van der Waals surface area contributed by atoms with Gasteiger partial charge in [-0.2, -0.15) is 4.98 Å². The third-order valence-electron chi connectivity index (χ3n) is 4.78. The van der Waals surface area contributed by atoms with Gasteiger partial charge in [0.1, 0.15) is 11.5 Å². The van der Waals surface area contributed by atoms with Crippen LogP contribution in [0.5, 0.6) is 0 Å². The lowest BCUT2D eigenvalue weighted by molar-refractivity contribution is 0.201. The molecule has 0 saturated carbocycles. The molecule has 1 fully saturated rings. The Labute approximate surface area is 164 Å². The maximum atomic E-state index is 5.22. The molecular weight excluding hydrogens is 354 g/mol. The minimum absolute atomic E-state index is 0.317. The molecule has 0 bridgehead atoms. The highest BCUT2D eigenvalue weighted by Crippen LogP contribution is 2.19. The van der Waals surface area contributed by atoms with Crippen molar-refractivity contribution in [2.75, 3.05) is 18.4 Å². The number of pyridine rings is 1. The molecule has 1 atom stereocenters. The van der Waals surface area contributed by atoms with E-state index in [2.05, 4.69) is 35.3 Å². The zero-order valence-electron chi connectivity index (χ0n) is 16.3. The van der Waals surface area contributed by atoms with Crippen LogP contribution in [0.3, 0.4) is 0 Å². The van der Waals surface area contributed by atoms with Gasteiger partial charge in [0.25, 0.3) is 0 Å². The number of aryl methyl sites for hydroxylation is 2. The number of hydrogen-bond acceptors (Lipinski definition) is 8. The second-order valence-electron chi connectivity index (χ2n) is 7.11. The van der Waals surface area contributed by atoms with E-state index >= 15 is 0 Å². The molecule has 4 heterocycles. The first-order valence-electron chi connectivity index (χ1n) is 9.77. The van der Waals surface area contributed by atoms with E-state index in [4.69, 9.17) is 4.52 Å². The maximum absolute atomic E-state index is 5.22. The standard InChI is InChI=1S/C20H25N7O/c1-3-19-24-18(26-28-19)13-27-10-6-7-15(12-27)23-17-11-14(2)22-20(25-17)16-8-4-5-9-21-16/h4-5,8-9,11,15H,3,6-7,10,12-13H2,1-2H3,(H,22,23,25). The van der Waals surface area contributed by atoms with Gasteiger partial charge in [-0.15, -0.1) is 0 Å². The maximum Gasteiger partial charge on any atom is 0.226 e. The number of nitrogens with zero attached hydrogens (tertiary/aromatic N) is 6. The first-order chi connectivity index (χ1) is 13.7. The largest absolute Gasteiger partial charge is 0.366 e. The van der Waals surface area contributed by atoms with E-state index in [1.807, 2.05) is 38.1 Å². The second-order valence-corrected chi connectivity index (χ2v) is 7.11. The fourth-order valence-electron chi connectivity index (χ4n) is 3.48. The molecule has 0 amide bonds. The van der Waals surface area contributed by atoms with Gasteiger partial charge in [0.05, 0.1) is 6.54 Å². The highest BCUT2D eigenvalue weighted by Gasteiger charge is 2.22. The molecule has 1 N–H and O–H groups in total. The van der Waals surface area contributed by atoms with Crippen LogP contribution in [0.25, 0.3) is 11.5 Å². The smallest absolute Gasteiger partial charge is 0.226 e. The molecule has 0 aliphatic carbocycles. The Morgan fingerprint density at radius 3 is 2.96 bits per heavy atom. The molecule has 1 aliphatic rings. The highest BCUT2D eigenvalue weighted by molar-refractivity contribution is 5.53. The topological polar surface area (TPSA) is 92.9 Å². The summed E-state index contributed by atoms with van der Waals surface area (Å²) >= 11 is 0. The van der Waals surface area contributed by atoms with E-state index in [0.717, 1.165) is 55.4 Å². The first-order valence-corrected chi connectivity index (χ1v) is 9.77. The molecular formula is C20H25N7O. The third-order valence-corrected chi connectivity index (χ3v) is 4.78. The summed E-state index contributed by atoms with van der Waals surface area (Å²) in [5.41, 5.74) is 1.70. The van der Waals surface area contributed by atoms with Crippen molar-refractivity contribution in [3.63, 3.8) is 0 Å². The molecule has 0 aromatic carbocycles. The molecule has 1 unspecified atom stereocenters. The van der Waals surface area contributed by atoms with Gasteiger partial charge >= 0.3 is 0 Å². The minimum atomic E-state index is 0.317. The summed E-state index contributed by atoms with van der Waals surface area (Å²) in [7, 11) is 0. The molecule has 28 heavy (non-hydrogen) atoms. The van der Waals surface area contributed by atoms with E-state index in [0.29, 0.717) is 24.3 Å². The van der Waals surface area contributed by atoms with Crippen molar-refractivity contribution in [3.05, 3.63) is 47.9 Å². The van der Waals surface area contributed by atoms with Crippen LogP contribution in [0.4, 0.5) is 5.82 Å². The summed E-state index contributed by atoms with van der Waals surface area (Å²) in [5.74, 6) is 2.94. The molecule has 3 aromatic heterocycles. The van der Waals surface area contributed by atoms with Gasteiger partial charge in [0, 0.05) is 37.0 Å². The number of likely N-dealkylation sites (tertiary alicyclic amines) is 1.